The second kappa shape index (κ2) is 11.6. The zero-order valence-electron chi connectivity index (χ0n) is 30.3. The maximum atomic E-state index is 5.43. The number of nitrogens with one attached hydrogen (secondary N) is 1. The molecule has 1 spiro atoms. The molecule has 8 aliphatic rings. The first-order valence-electron chi connectivity index (χ1n) is 19.8. The number of hydrogen-bond donors (Lipinski definition) is 1. The molecule has 0 bridgehead atoms. The number of amidine groups is 1. The van der Waals surface area contributed by atoms with Gasteiger partial charge < -0.3 is 5.32 Å². The number of rotatable bonds is 3. The van der Waals surface area contributed by atoms with Gasteiger partial charge in [0.1, 0.15) is 11.9 Å². The average molecular weight is 695 g/mol. The number of fused-ring (bicyclic) bond motifs is 10. The maximum absolute atomic E-state index is 5.43. The van der Waals surface area contributed by atoms with Gasteiger partial charge in [0, 0.05) is 32.5 Å². The summed E-state index contributed by atoms with van der Waals surface area (Å²) >= 11 is 2.01. The Labute approximate surface area is 313 Å². The van der Waals surface area contributed by atoms with Crippen LogP contribution in [0, 0.1) is 5.92 Å². The Hall–Kier alpha value is -4.34. The third kappa shape index (κ3) is 4.41. The van der Waals surface area contributed by atoms with Crippen LogP contribution in [0.2, 0.25) is 0 Å². The smallest absolute Gasteiger partial charge is 0.133 e. The fourth-order valence-corrected chi connectivity index (χ4v) is 12.8. The van der Waals surface area contributed by atoms with E-state index in [1.165, 1.54) is 92.8 Å². The third-order valence-corrected chi connectivity index (χ3v) is 15.1. The molecule has 0 radical (unpaired) electrons. The van der Waals surface area contributed by atoms with Gasteiger partial charge in [-0.25, -0.2) is 0 Å². The van der Waals surface area contributed by atoms with Crippen molar-refractivity contribution in [2.75, 3.05) is 0 Å². The van der Waals surface area contributed by atoms with Crippen LogP contribution in [0.25, 0.3) is 16.7 Å². The second-order valence-electron chi connectivity index (χ2n) is 16.8. The molecule has 2 aliphatic heterocycles. The van der Waals surface area contributed by atoms with Gasteiger partial charge in [0.25, 0.3) is 0 Å². The Morgan fingerprint density at radius 3 is 2.54 bits per heavy atom. The lowest BCUT2D eigenvalue weighted by atomic mass is 9.62. The molecule has 3 aromatic rings. The highest BCUT2D eigenvalue weighted by atomic mass is 32.2. The number of nitrogens with zero attached hydrogens (tertiary/aromatic N) is 1. The van der Waals surface area contributed by atoms with Crippen LogP contribution < -0.4 is 5.32 Å². The Balaban J connectivity index is 0.983. The summed E-state index contributed by atoms with van der Waals surface area (Å²) in [7, 11) is 0. The van der Waals surface area contributed by atoms with Crippen molar-refractivity contribution in [1.82, 2.24) is 5.32 Å². The molecule has 4 atom stereocenters. The largest absolute Gasteiger partial charge is 0.339 e. The fourth-order valence-electron chi connectivity index (χ4n) is 11.3. The molecular weight excluding hydrogens is 649 g/mol. The molecule has 0 saturated heterocycles. The predicted octanol–water partition coefficient (Wildman–Crippen LogP) is 12.1. The van der Waals surface area contributed by atoms with Crippen LogP contribution in [-0.2, 0) is 10.8 Å². The molecule has 2 heterocycles. The van der Waals surface area contributed by atoms with Crippen molar-refractivity contribution >= 4 is 23.2 Å². The van der Waals surface area contributed by atoms with E-state index >= 15 is 0 Å². The Morgan fingerprint density at radius 1 is 0.846 bits per heavy atom. The van der Waals surface area contributed by atoms with Crippen molar-refractivity contribution in [2.24, 2.45) is 10.9 Å². The minimum Gasteiger partial charge on any atom is -0.339 e. The van der Waals surface area contributed by atoms with Gasteiger partial charge in [-0.05, 0) is 93.7 Å². The lowest BCUT2D eigenvalue weighted by Crippen LogP contribution is -2.35. The summed E-state index contributed by atoms with van der Waals surface area (Å²) in [6, 6.07) is 26.0. The van der Waals surface area contributed by atoms with Crippen LogP contribution in [-0.4, -0.2) is 11.1 Å². The molecule has 1 saturated carbocycles. The predicted molar refractivity (Wildman–Crippen MR) is 218 cm³/mol. The molecule has 0 amide bonds. The highest BCUT2D eigenvalue weighted by molar-refractivity contribution is 8.04. The molecule has 2 nitrogen and oxygen atoms in total. The Bertz CT molecular complexity index is 2290. The van der Waals surface area contributed by atoms with Gasteiger partial charge in [-0.1, -0.05) is 148 Å². The van der Waals surface area contributed by atoms with Crippen molar-refractivity contribution in [3.8, 4) is 11.1 Å². The number of thioether (sulfide) groups is 1. The van der Waals surface area contributed by atoms with Crippen LogP contribution >= 0.6 is 11.8 Å². The van der Waals surface area contributed by atoms with Crippen LogP contribution in [0.3, 0.4) is 0 Å². The summed E-state index contributed by atoms with van der Waals surface area (Å²) < 4.78 is 0. The zero-order valence-corrected chi connectivity index (χ0v) is 31.1. The van der Waals surface area contributed by atoms with Gasteiger partial charge >= 0.3 is 0 Å². The number of hydrogen-bond acceptors (Lipinski definition) is 3. The van der Waals surface area contributed by atoms with E-state index in [9.17, 15) is 0 Å². The van der Waals surface area contributed by atoms with Gasteiger partial charge in [-0.2, -0.15) is 0 Å². The van der Waals surface area contributed by atoms with Crippen molar-refractivity contribution in [2.45, 2.75) is 93.3 Å². The lowest BCUT2D eigenvalue weighted by molar-refractivity contribution is 0.233. The van der Waals surface area contributed by atoms with Gasteiger partial charge in [-0.15, -0.1) is 11.8 Å². The van der Waals surface area contributed by atoms with Crippen molar-refractivity contribution in [3.63, 3.8) is 0 Å². The standard InChI is InChI=1S/C49H46N2S/c1-48(2)40-28-37-34-16-7-9-20-39(34)49(26-11-4-12-27-49)41(37)29-38(40)35-19-13-18-33(43(35)48)30-22-24-31(25-23-30)44-46-45(36-17-8-10-21-42(36)52-46)51-47(50-44)32-14-5-3-6-15-32/h5,7-10,13-20,22-25,28-29,37,41-42,44H,3-4,6,11-12,21,26-27H2,1-2H3,(H,50,51). The first kappa shape index (κ1) is 31.2. The molecule has 0 aromatic heterocycles. The highest BCUT2D eigenvalue weighted by Gasteiger charge is 2.54. The molecule has 1 N–H and O–H groups in total. The maximum Gasteiger partial charge on any atom is 0.133 e. The third-order valence-electron chi connectivity index (χ3n) is 13.7. The Morgan fingerprint density at radius 2 is 1.69 bits per heavy atom. The summed E-state index contributed by atoms with van der Waals surface area (Å²) in [6.45, 7) is 4.95. The Kier molecular flexibility index (Phi) is 6.95. The van der Waals surface area contributed by atoms with E-state index in [0.717, 1.165) is 25.1 Å². The van der Waals surface area contributed by atoms with Crippen molar-refractivity contribution in [3.05, 3.63) is 170 Å². The van der Waals surface area contributed by atoms with Gasteiger partial charge in [0.05, 0.1) is 5.70 Å². The molecular formula is C49H46N2S. The van der Waals surface area contributed by atoms with Crippen LogP contribution in [0.1, 0.15) is 105 Å². The minimum atomic E-state index is -0.0770. The molecule has 52 heavy (non-hydrogen) atoms. The summed E-state index contributed by atoms with van der Waals surface area (Å²) in [5.41, 5.74) is 17.3. The highest BCUT2D eigenvalue weighted by Crippen LogP contribution is 2.64. The quantitative estimate of drug-likeness (QED) is 0.295. The number of allylic oxidation sites excluding steroid dienone is 10. The van der Waals surface area contributed by atoms with E-state index in [-0.39, 0.29) is 16.9 Å². The lowest BCUT2D eigenvalue weighted by Gasteiger charge is -2.41. The normalized spacial score (nSPS) is 28.3. The van der Waals surface area contributed by atoms with Crippen LogP contribution in [0.15, 0.2) is 148 Å². The number of aliphatic imine (C=N–C) groups is 1. The molecule has 4 unspecified atom stereocenters. The molecule has 6 aliphatic carbocycles. The van der Waals surface area contributed by atoms with Crippen molar-refractivity contribution in [1.29, 1.82) is 0 Å². The molecule has 1 fully saturated rings. The first-order valence-corrected chi connectivity index (χ1v) is 20.7. The molecule has 3 heteroatoms. The average Bonchev–Trinajstić information content (AvgIpc) is 3.78. The van der Waals surface area contributed by atoms with Crippen LogP contribution in [0.4, 0.5) is 0 Å². The molecule has 11 rings (SSSR count). The van der Waals surface area contributed by atoms with E-state index in [4.69, 9.17) is 4.99 Å². The minimum absolute atomic E-state index is 0.00136. The molecule has 258 valence electrons. The van der Waals surface area contributed by atoms with Gasteiger partial charge in [0.2, 0.25) is 0 Å². The van der Waals surface area contributed by atoms with Crippen molar-refractivity contribution < 1.29 is 0 Å². The van der Waals surface area contributed by atoms with E-state index in [1.54, 1.807) is 11.1 Å². The monoisotopic (exact) mass is 694 g/mol. The SMILES string of the molecule is CC1(C)C2=CC3c4ccccc4C4(CCCCC4)C3C=C2c2cccc(-c3ccc(C4N=C(C5=CCCC=C5)NC5=C4SC4CC=CC=C54)cc3)c21. The topological polar surface area (TPSA) is 24.4 Å². The zero-order chi connectivity index (χ0) is 34.6. The summed E-state index contributed by atoms with van der Waals surface area (Å²) in [4.78, 5) is 6.80. The van der Waals surface area contributed by atoms with E-state index in [2.05, 4.69) is 135 Å². The fraction of sp³-hybridized carbons (Fsp3) is 0.327. The van der Waals surface area contributed by atoms with Gasteiger partial charge in [0.15, 0.2) is 0 Å². The first-order chi connectivity index (χ1) is 25.5. The number of benzene rings is 3. The summed E-state index contributed by atoms with van der Waals surface area (Å²) in [5, 5.41) is 4.27. The summed E-state index contributed by atoms with van der Waals surface area (Å²) in [6.07, 6.45) is 29.2. The van der Waals surface area contributed by atoms with Gasteiger partial charge in [-0.3, -0.25) is 4.99 Å². The van der Waals surface area contributed by atoms with E-state index < -0.39 is 0 Å². The van der Waals surface area contributed by atoms with E-state index in [1.807, 2.05) is 11.8 Å². The van der Waals surface area contributed by atoms with Crippen LogP contribution in [0.5, 0.6) is 0 Å². The second-order valence-corrected chi connectivity index (χ2v) is 18.0. The molecule has 3 aromatic carbocycles. The summed E-state index contributed by atoms with van der Waals surface area (Å²) in [5.74, 6) is 2.03. The van der Waals surface area contributed by atoms with E-state index in [0.29, 0.717) is 17.1 Å².